The Kier molecular flexibility index (Phi) is 6.52. The molecule has 1 aromatic heterocycles. The molecule has 12 heteroatoms. The molecule has 1 heterocycles. The molecule has 2 rings (SSSR count). The van der Waals surface area contributed by atoms with E-state index in [1.807, 2.05) is 0 Å². The molecule has 0 fully saturated rings. The van der Waals surface area contributed by atoms with E-state index < -0.39 is 38.0 Å². The maximum absolute atomic E-state index is 12.7. The molecular weight excluding hydrogens is 420 g/mol. The third-order valence-electron chi connectivity index (χ3n) is 4.56. The molecule has 160 valence electrons. The van der Waals surface area contributed by atoms with E-state index in [1.54, 1.807) is 19.1 Å². The van der Waals surface area contributed by atoms with Crippen LogP contribution in [0.3, 0.4) is 0 Å². The number of likely N-dealkylation sites (N-methyl/N-ethyl adjacent to an activating group) is 1. The minimum Gasteiger partial charge on any atom is -0.360 e. The van der Waals surface area contributed by atoms with Crippen molar-refractivity contribution >= 4 is 26.0 Å². The van der Waals surface area contributed by atoms with Gasteiger partial charge in [0.05, 0.1) is 17.0 Å². The Bertz CT molecular complexity index is 1090. The Balaban J connectivity index is 2.16. The average molecular weight is 445 g/mol. The number of sulfonamides is 2. The first kappa shape index (κ1) is 23.0. The van der Waals surface area contributed by atoms with Crippen molar-refractivity contribution in [3.05, 3.63) is 41.3 Å². The summed E-state index contributed by atoms with van der Waals surface area (Å²) < 4.78 is 55.1. The highest BCUT2D eigenvalue weighted by Gasteiger charge is 2.30. The van der Waals surface area contributed by atoms with Gasteiger partial charge in [-0.05, 0) is 45.4 Å². The first-order chi connectivity index (χ1) is 13.3. The Morgan fingerprint density at radius 1 is 1.14 bits per heavy atom. The van der Waals surface area contributed by atoms with Crippen LogP contribution in [0.4, 0.5) is 0 Å². The lowest BCUT2D eigenvalue weighted by atomic mass is 10.1. The maximum atomic E-state index is 12.7. The minimum absolute atomic E-state index is 0.0389. The van der Waals surface area contributed by atoms with Crippen molar-refractivity contribution in [2.24, 2.45) is 5.14 Å². The zero-order valence-corrected chi connectivity index (χ0v) is 18.3. The molecule has 0 aliphatic carbocycles. The fraction of sp³-hybridized carbons (Fsp3) is 0.412. The van der Waals surface area contributed by atoms with Gasteiger partial charge < -0.3 is 9.42 Å². The van der Waals surface area contributed by atoms with Gasteiger partial charge in [0.15, 0.2) is 5.76 Å². The molecule has 29 heavy (non-hydrogen) atoms. The molecule has 1 unspecified atom stereocenters. The third kappa shape index (κ3) is 5.01. The van der Waals surface area contributed by atoms with Gasteiger partial charge in [-0.15, -0.1) is 0 Å². The van der Waals surface area contributed by atoms with E-state index >= 15 is 0 Å². The number of carbonyl (C=O) groups excluding carboxylic acids is 1. The lowest BCUT2D eigenvalue weighted by molar-refractivity contribution is -0.133. The second kappa shape index (κ2) is 8.22. The van der Waals surface area contributed by atoms with E-state index in [0.29, 0.717) is 5.56 Å². The van der Waals surface area contributed by atoms with Gasteiger partial charge in [-0.3, -0.25) is 4.79 Å². The number of rotatable bonds is 7. The summed E-state index contributed by atoms with van der Waals surface area (Å²) in [5.74, 6) is -0.338. The highest BCUT2D eigenvalue weighted by atomic mass is 32.2. The number of hydrogen-bond donors (Lipinski definition) is 2. The fourth-order valence-electron chi connectivity index (χ4n) is 2.86. The summed E-state index contributed by atoms with van der Waals surface area (Å²) >= 11 is 0. The van der Waals surface area contributed by atoms with Gasteiger partial charge >= 0.3 is 0 Å². The van der Waals surface area contributed by atoms with Gasteiger partial charge in [-0.25, -0.2) is 22.0 Å². The normalized spacial score (nSPS) is 14.4. The molecule has 0 aliphatic heterocycles. The van der Waals surface area contributed by atoms with Crippen molar-refractivity contribution < 1.29 is 26.2 Å². The van der Waals surface area contributed by atoms with Crippen molar-refractivity contribution in [3.63, 3.8) is 0 Å². The van der Waals surface area contributed by atoms with E-state index in [-0.39, 0.29) is 21.2 Å². The van der Waals surface area contributed by atoms with Crippen LogP contribution in [0.25, 0.3) is 0 Å². The lowest BCUT2D eigenvalue weighted by Gasteiger charge is -2.28. The van der Waals surface area contributed by atoms with Crippen molar-refractivity contribution in [1.29, 1.82) is 0 Å². The van der Waals surface area contributed by atoms with Gasteiger partial charge in [-0.1, -0.05) is 17.3 Å². The number of carbonyl (C=O) groups is 1. The largest absolute Gasteiger partial charge is 0.360 e. The van der Waals surface area contributed by atoms with E-state index in [0.717, 1.165) is 0 Å². The molecule has 1 amide bonds. The molecule has 2 aromatic rings. The number of primary sulfonamides is 1. The molecular formula is C17H24N4O6S2. The maximum Gasteiger partial charge on any atom is 0.246 e. The second-order valence-electron chi connectivity index (χ2n) is 6.74. The van der Waals surface area contributed by atoms with E-state index in [2.05, 4.69) is 9.88 Å². The number of benzene rings is 1. The van der Waals surface area contributed by atoms with Gasteiger partial charge in [0.25, 0.3) is 0 Å². The molecule has 0 radical (unpaired) electrons. The summed E-state index contributed by atoms with van der Waals surface area (Å²) in [4.78, 5) is 14.0. The fourth-order valence-corrected chi connectivity index (χ4v) is 4.90. The van der Waals surface area contributed by atoms with Gasteiger partial charge in [0.2, 0.25) is 26.0 Å². The van der Waals surface area contributed by atoms with Crippen LogP contribution in [-0.2, 0) is 24.8 Å². The predicted octanol–water partition coefficient (Wildman–Crippen LogP) is 0.825. The highest BCUT2D eigenvalue weighted by Crippen LogP contribution is 2.22. The second-order valence-corrected chi connectivity index (χ2v) is 9.95. The predicted molar refractivity (Wildman–Crippen MR) is 105 cm³/mol. The summed E-state index contributed by atoms with van der Waals surface area (Å²) in [5, 5.41) is 8.70. The molecule has 0 saturated heterocycles. The first-order valence-electron chi connectivity index (χ1n) is 8.60. The minimum atomic E-state index is -4.00. The van der Waals surface area contributed by atoms with Crippen LogP contribution in [0.1, 0.15) is 36.9 Å². The standard InChI is InChI=1S/C17H24N4O6S2/c1-10-16(13(4)27-19-10)29(25,26)20-11(2)17(22)21(5)12(3)14-6-8-15(9-7-14)28(18,23)24/h6-9,11-12,20H,1-5H3,(H2,18,23,24)/t11-,12?/m0/s1. The number of aromatic nitrogens is 1. The number of hydrogen-bond acceptors (Lipinski definition) is 7. The van der Waals surface area contributed by atoms with Crippen LogP contribution in [0.2, 0.25) is 0 Å². The Morgan fingerprint density at radius 2 is 1.69 bits per heavy atom. The van der Waals surface area contributed by atoms with Crippen LogP contribution < -0.4 is 9.86 Å². The van der Waals surface area contributed by atoms with Crippen LogP contribution in [0.15, 0.2) is 38.6 Å². The Hall–Kier alpha value is -2.28. The summed E-state index contributed by atoms with van der Waals surface area (Å²) in [6.07, 6.45) is 0. The first-order valence-corrected chi connectivity index (χ1v) is 11.6. The van der Waals surface area contributed by atoms with E-state index in [1.165, 1.54) is 44.9 Å². The van der Waals surface area contributed by atoms with Crippen LogP contribution in [-0.4, -0.2) is 45.9 Å². The monoisotopic (exact) mass is 444 g/mol. The van der Waals surface area contributed by atoms with Crippen molar-refractivity contribution in [3.8, 4) is 0 Å². The molecule has 2 atom stereocenters. The molecule has 0 spiro atoms. The Morgan fingerprint density at radius 3 is 2.14 bits per heavy atom. The lowest BCUT2D eigenvalue weighted by Crippen LogP contribution is -2.46. The van der Waals surface area contributed by atoms with Crippen LogP contribution >= 0.6 is 0 Å². The van der Waals surface area contributed by atoms with Crippen molar-refractivity contribution in [2.45, 2.75) is 49.6 Å². The molecule has 1 aromatic carbocycles. The summed E-state index contributed by atoms with van der Waals surface area (Å²) in [6, 6.07) is 4.30. The van der Waals surface area contributed by atoms with E-state index in [4.69, 9.17) is 9.66 Å². The SMILES string of the molecule is Cc1noc(C)c1S(=O)(=O)N[C@@H](C)C(=O)N(C)C(C)c1ccc(S(N)(=O)=O)cc1. The van der Waals surface area contributed by atoms with Gasteiger partial charge in [-0.2, -0.15) is 4.72 Å². The quantitative estimate of drug-likeness (QED) is 0.641. The molecule has 3 N–H and O–H groups in total. The molecule has 10 nitrogen and oxygen atoms in total. The summed E-state index contributed by atoms with van der Waals surface area (Å²) in [6.45, 7) is 6.14. The number of amides is 1. The summed E-state index contributed by atoms with van der Waals surface area (Å²) in [7, 11) is -6.29. The van der Waals surface area contributed by atoms with Gasteiger partial charge in [0, 0.05) is 7.05 Å². The molecule has 0 saturated carbocycles. The van der Waals surface area contributed by atoms with Crippen LogP contribution in [0.5, 0.6) is 0 Å². The topological polar surface area (TPSA) is 153 Å². The number of aryl methyl sites for hydroxylation is 2. The average Bonchev–Trinajstić information content (AvgIpc) is 2.98. The van der Waals surface area contributed by atoms with Crippen molar-refractivity contribution in [2.75, 3.05) is 7.05 Å². The molecule has 0 bridgehead atoms. The van der Waals surface area contributed by atoms with E-state index in [9.17, 15) is 21.6 Å². The summed E-state index contributed by atoms with van der Waals surface area (Å²) in [5.41, 5.74) is 0.861. The van der Waals surface area contributed by atoms with Gasteiger partial charge in [0.1, 0.15) is 10.6 Å². The van der Waals surface area contributed by atoms with Crippen LogP contribution in [0, 0.1) is 13.8 Å². The Labute approximate surface area is 170 Å². The molecule has 0 aliphatic rings. The van der Waals surface area contributed by atoms with Crippen molar-refractivity contribution in [1.82, 2.24) is 14.8 Å². The zero-order valence-electron chi connectivity index (χ0n) is 16.7. The smallest absolute Gasteiger partial charge is 0.246 e. The number of nitrogens with zero attached hydrogens (tertiary/aromatic N) is 2. The number of nitrogens with one attached hydrogen (secondary N) is 1. The number of nitrogens with two attached hydrogens (primary N) is 1. The third-order valence-corrected chi connectivity index (χ3v) is 7.27. The zero-order chi connectivity index (χ0) is 22.1. The highest BCUT2D eigenvalue weighted by molar-refractivity contribution is 7.89.